The van der Waals surface area contributed by atoms with Crippen LogP contribution in [0.1, 0.15) is 5.56 Å². The van der Waals surface area contributed by atoms with Crippen molar-refractivity contribution in [2.45, 2.75) is 0 Å². The second-order valence-corrected chi connectivity index (χ2v) is 8.23. The molecule has 27 heavy (non-hydrogen) atoms. The highest BCUT2D eigenvalue weighted by atomic mass is 127. The maximum absolute atomic E-state index is 11.9. The van der Waals surface area contributed by atoms with Crippen LogP contribution in [0.3, 0.4) is 0 Å². The number of nitrogens with one attached hydrogen (secondary N) is 1. The fraction of sp³-hybridized carbons (Fsp3) is 0.125. The Hall–Kier alpha value is -1.48. The summed E-state index contributed by atoms with van der Waals surface area (Å²) < 4.78 is 13.0. The average Bonchev–Trinajstić information content (AvgIpc) is 2.60. The minimum Gasteiger partial charge on any atom is -0.495 e. The second-order valence-electron chi connectivity index (χ2n) is 4.96. The molecule has 0 radical (unpaired) electrons. The van der Waals surface area contributed by atoms with E-state index >= 15 is 0 Å². The van der Waals surface area contributed by atoms with E-state index in [1.54, 1.807) is 7.11 Å². The summed E-state index contributed by atoms with van der Waals surface area (Å²) in [5.41, 5.74) is 3.01. The number of carbonyl (C=O) groups is 1. The molecule has 142 valence electrons. The molecule has 2 aromatic carbocycles. The average molecular weight is 660 g/mol. The van der Waals surface area contributed by atoms with Gasteiger partial charge in [0.05, 0.1) is 26.3 Å². The molecule has 0 fully saturated rings. The van der Waals surface area contributed by atoms with Gasteiger partial charge in [0.15, 0.2) is 6.61 Å². The number of ether oxygens (including phenoxy) is 2. The van der Waals surface area contributed by atoms with E-state index in [2.05, 4.69) is 71.6 Å². The SMILES string of the molecule is COc1c(I)cc(I)cc1/C=N\NC(=O)COc1ccc([N+](=O)[O-])cc1Br. The summed E-state index contributed by atoms with van der Waals surface area (Å²) >= 11 is 7.51. The number of non-ortho nitro benzene ring substituents is 1. The molecule has 0 aromatic heterocycles. The summed E-state index contributed by atoms with van der Waals surface area (Å²) in [5.74, 6) is 0.504. The fourth-order valence-electron chi connectivity index (χ4n) is 1.96. The molecule has 0 aliphatic carbocycles. The van der Waals surface area contributed by atoms with Gasteiger partial charge >= 0.3 is 0 Å². The number of rotatable bonds is 7. The molecule has 11 heteroatoms. The summed E-state index contributed by atoms with van der Waals surface area (Å²) in [5, 5.41) is 14.6. The van der Waals surface area contributed by atoms with Crippen molar-refractivity contribution in [1.82, 2.24) is 5.43 Å². The zero-order valence-corrected chi connectivity index (χ0v) is 19.6. The zero-order chi connectivity index (χ0) is 20.0. The molecule has 0 saturated carbocycles. The van der Waals surface area contributed by atoms with Gasteiger partial charge in [0.25, 0.3) is 11.6 Å². The van der Waals surface area contributed by atoms with Gasteiger partial charge in [-0.25, -0.2) is 5.43 Å². The van der Waals surface area contributed by atoms with Gasteiger partial charge < -0.3 is 9.47 Å². The Morgan fingerprint density at radius 2 is 2.11 bits per heavy atom. The predicted octanol–water partition coefficient (Wildman–Crippen LogP) is 4.10. The summed E-state index contributed by atoms with van der Waals surface area (Å²) in [7, 11) is 1.57. The van der Waals surface area contributed by atoms with Gasteiger partial charge in [-0.15, -0.1) is 0 Å². The van der Waals surface area contributed by atoms with E-state index < -0.39 is 10.8 Å². The maximum Gasteiger partial charge on any atom is 0.277 e. The van der Waals surface area contributed by atoms with Gasteiger partial charge in [-0.05, 0) is 79.3 Å². The van der Waals surface area contributed by atoms with Crippen LogP contribution < -0.4 is 14.9 Å². The van der Waals surface area contributed by atoms with Crippen molar-refractivity contribution < 1.29 is 19.2 Å². The molecule has 2 aromatic rings. The smallest absolute Gasteiger partial charge is 0.277 e. The topological polar surface area (TPSA) is 103 Å². The highest BCUT2D eigenvalue weighted by Gasteiger charge is 2.11. The monoisotopic (exact) mass is 659 g/mol. The molecule has 0 aliphatic rings. The molecule has 0 unspecified atom stereocenters. The van der Waals surface area contributed by atoms with E-state index in [1.165, 1.54) is 24.4 Å². The van der Waals surface area contributed by atoms with Gasteiger partial charge in [-0.3, -0.25) is 14.9 Å². The minimum absolute atomic E-state index is 0.0793. The number of benzene rings is 2. The normalized spacial score (nSPS) is 10.7. The zero-order valence-electron chi connectivity index (χ0n) is 13.7. The Morgan fingerprint density at radius 1 is 1.37 bits per heavy atom. The van der Waals surface area contributed by atoms with Crippen molar-refractivity contribution in [1.29, 1.82) is 0 Å². The highest BCUT2D eigenvalue weighted by Crippen LogP contribution is 2.29. The van der Waals surface area contributed by atoms with Crippen molar-refractivity contribution in [3.8, 4) is 11.5 Å². The molecule has 0 saturated heterocycles. The number of nitro groups is 1. The number of hydrogen-bond donors (Lipinski definition) is 1. The summed E-state index contributed by atoms with van der Waals surface area (Å²) in [6.45, 7) is -0.297. The molecular weight excluding hydrogens is 648 g/mol. The third kappa shape index (κ3) is 6.27. The second kappa shape index (κ2) is 10.2. The number of nitro benzene ring substituents is 1. The van der Waals surface area contributed by atoms with Crippen LogP contribution in [0.2, 0.25) is 0 Å². The van der Waals surface area contributed by atoms with Crippen LogP contribution in [0.5, 0.6) is 11.5 Å². The molecule has 0 bridgehead atoms. The molecule has 2 rings (SSSR count). The molecule has 1 N–H and O–H groups in total. The molecular formula is C16H12BrI2N3O5. The quantitative estimate of drug-likeness (QED) is 0.209. The summed E-state index contributed by atoms with van der Waals surface area (Å²) in [4.78, 5) is 22.1. The minimum atomic E-state index is -0.518. The third-order valence-corrected chi connectivity index (χ3v) is 5.16. The van der Waals surface area contributed by atoms with Crippen LogP contribution in [-0.4, -0.2) is 30.8 Å². The molecule has 0 aliphatic heterocycles. The summed E-state index contributed by atoms with van der Waals surface area (Å²) in [6.07, 6.45) is 1.49. The molecule has 0 spiro atoms. The van der Waals surface area contributed by atoms with Crippen molar-refractivity contribution in [2.75, 3.05) is 13.7 Å². The summed E-state index contributed by atoms with van der Waals surface area (Å²) in [6, 6.07) is 7.85. The third-order valence-electron chi connectivity index (χ3n) is 3.12. The van der Waals surface area contributed by atoms with Crippen LogP contribution in [-0.2, 0) is 4.79 Å². The first-order chi connectivity index (χ1) is 12.8. The van der Waals surface area contributed by atoms with Gasteiger partial charge in [-0.1, -0.05) is 0 Å². The molecule has 1 amide bonds. The first kappa shape index (κ1) is 21.8. The molecule has 0 heterocycles. The van der Waals surface area contributed by atoms with Crippen molar-refractivity contribution in [3.63, 3.8) is 0 Å². The number of hydrogen-bond acceptors (Lipinski definition) is 6. The van der Waals surface area contributed by atoms with E-state index in [0.717, 1.165) is 12.7 Å². The number of halogens is 3. The first-order valence-electron chi connectivity index (χ1n) is 7.23. The van der Waals surface area contributed by atoms with E-state index in [1.807, 2.05) is 12.1 Å². The van der Waals surface area contributed by atoms with Crippen LogP contribution in [0, 0.1) is 17.3 Å². The Balaban J connectivity index is 1.95. The highest BCUT2D eigenvalue weighted by molar-refractivity contribution is 14.1. The molecule has 0 atom stereocenters. The number of nitrogens with zero attached hydrogens (tertiary/aromatic N) is 2. The lowest BCUT2D eigenvalue weighted by Crippen LogP contribution is -2.24. The standard InChI is InChI=1S/C16H12BrI2N3O5/c1-26-16-9(4-10(18)5-13(16)19)7-20-21-15(23)8-27-14-3-2-11(22(24)25)6-12(14)17/h2-7H,8H2,1H3,(H,21,23)/b20-7-. The number of amides is 1. The lowest BCUT2D eigenvalue weighted by atomic mass is 10.2. The van der Waals surface area contributed by atoms with Gasteiger partial charge in [0.2, 0.25) is 0 Å². The van der Waals surface area contributed by atoms with Crippen molar-refractivity contribution >= 4 is 78.9 Å². The van der Waals surface area contributed by atoms with Crippen LogP contribution in [0.4, 0.5) is 5.69 Å². The fourth-order valence-corrected chi connectivity index (χ4v) is 4.55. The number of methoxy groups -OCH3 is 1. The number of hydrazone groups is 1. The van der Waals surface area contributed by atoms with Crippen LogP contribution in [0.25, 0.3) is 0 Å². The van der Waals surface area contributed by atoms with E-state index in [-0.39, 0.29) is 12.3 Å². The van der Waals surface area contributed by atoms with Crippen molar-refractivity contribution in [3.05, 3.63) is 57.6 Å². The lowest BCUT2D eigenvalue weighted by molar-refractivity contribution is -0.384. The Kier molecular flexibility index (Phi) is 8.22. The maximum atomic E-state index is 11.9. The van der Waals surface area contributed by atoms with Crippen molar-refractivity contribution in [2.24, 2.45) is 5.10 Å². The van der Waals surface area contributed by atoms with Gasteiger partial charge in [-0.2, -0.15) is 5.10 Å². The van der Waals surface area contributed by atoms with E-state index in [0.29, 0.717) is 16.0 Å². The Morgan fingerprint density at radius 3 is 2.74 bits per heavy atom. The van der Waals surface area contributed by atoms with Crippen LogP contribution in [0.15, 0.2) is 39.9 Å². The van der Waals surface area contributed by atoms with E-state index in [9.17, 15) is 14.9 Å². The number of carbonyl (C=O) groups excluding carboxylic acids is 1. The largest absolute Gasteiger partial charge is 0.495 e. The molecule has 8 nitrogen and oxygen atoms in total. The lowest BCUT2D eigenvalue weighted by Gasteiger charge is -2.08. The Labute approximate surface area is 190 Å². The Bertz CT molecular complexity index is 908. The van der Waals surface area contributed by atoms with Crippen LogP contribution >= 0.6 is 61.1 Å². The predicted molar refractivity (Wildman–Crippen MR) is 120 cm³/mol. The van der Waals surface area contributed by atoms with Gasteiger partial charge in [0, 0.05) is 21.3 Å². The first-order valence-corrected chi connectivity index (χ1v) is 10.2. The van der Waals surface area contributed by atoms with E-state index in [4.69, 9.17) is 9.47 Å². The van der Waals surface area contributed by atoms with Gasteiger partial charge in [0.1, 0.15) is 11.5 Å².